The highest BCUT2D eigenvalue weighted by atomic mass is 35.5. The SMILES string of the molecule is CCN1CCC(n2nccc2NC(=O)c2cc(N)ccc2C)CC1.Cl.Cl. The normalized spacial score (nSPS) is 15.0. The molecular formula is C18H27Cl2N5O. The molecular weight excluding hydrogens is 373 g/mol. The quantitative estimate of drug-likeness (QED) is 0.770. The molecule has 0 spiro atoms. The molecule has 1 aromatic heterocycles. The fourth-order valence-corrected chi connectivity index (χ4v) is 3.25. The average Bonchev–Trinajstić information content (AvgIpc) is 3.05. The molecule has 0 unspecified atom stereocenters. The number of hydrogen-bond donors (Lipinski definition) is 2. The van der Waals surface area contributed by atoms with Crippen LogP contribution < -0.4 is 11.1 Å². The van der Waals surface area contributed by atoms with Crippen LogP contribution in [0.25, 0.3) is 0 Å². The van der Waals surface area contributed by atoms with Gasteiger partial charge < -0.3 is 16.0 Å². The van der Waals surface area contributed by atoms with Gasteiger partial charge in [-0.25, -0.2) is 4.68 Å². The Labute approximate surface area is 166 Å². The summed E-state index contributed by atoms with van der Waals surface area (Å²) in [5.74, 6) is 0.601. The number of carbonyl (C=O) groups excluding carboxylic acids is 1. The van der Waals surface area contributed by atoms with Gasteiger partial charge in [-0.1, -0.05) is 13.0 Å². The highest BCUT2D eigenvalue weighted by Crippen LogP contribution is 2.25. The number of hydrogen-bond acceptors (Lipinski definition) is 4. The van der Waals surface area contributed by atoms with Gasteiger partial charge in [0.25, 0.3) is 5.91 Å². The number of aryl methyl sites for hydroxylation is 1. The maximum absolute atomic E-state index is 12.6. The molecule has 1 aliphatic heterocycles. The van der Waals surface area contributed by atoms with Gasteiger partial charge in [-0.3, -0.25) is 4.79 Å². The number of rotatable bonds is 4. The predicted molar refractivity (Wildman–Crippen MR) is 111 cm³/mol. The fourth-order valence-electron chi connectivity index (χ4n) is 3.25. The van der Waals surface area contributed by atoms with E-state index in [1.807, 2.05) is 23.7 Å². The third-order valence-corrected chi connectivity index (χ3v) is 4.77. The van der Waals surface area contributed by atoms with E-state index < -0.39 is 0 Å². The second-order valence-electron chi connectivity index (χ2n) is 6.35. The van der Waals surface area contributed by atoms with Crippen LogP contribution in [0.4, 0.5) is 11.5 Å². The molecule has 2 heterocycles. The second-order valence-corrected chi connectivity index (χ2v) is 6.35. The van der Waals surface area contributed by atoms with Crippen LogP contribution >= 0.6 is 24.8 Å². The Bertz CT molecular complexity index is 726. The highest BCUT2D eigenvalue weighted by molar-refractivity contribution is 6.05. The van der Waals surface area contributed by atoms with Gasteiger partial charge in [-0.15, -0.1) is 24.8 Å². The van der Waals surface area contributed by atoms with Gasteiger partial charge in [0, 0.05) is 30.4 Å². The molecule has 26 heavy (non-hydrogen) atoms. The minimum Gasteiger partial charge on any atom is -0.399 e. The summed E-state index contributed by atoms with van der Waals surface area (Å²) < 4.78 is 1.95. The number of nitrogens with two attached hydrogens (primary N) is 1. The molecule has 0 bridgehead atoms. The molecule has 144 valence electrons. The Morgan fingerprint density at radius 3 is 2.62 bits per heavy atom. The zero-order valence-corrected chi connectivity index (χ0v) is 16.8. The Morgan fingerprint density at radius 1 is 1.27 bits per heavy atom. The minimum absolute atomic E-state index is 0. The van der Waals surface area contributed by atoms with Gasteiger partial charge in [0.05, 0.1) is 12.2 Å². The molecule has 1 amide bonds. The van der Waals surface area contributed by atoms with Crippen LogP contribution in [0, 0.1) is 6.92 Å². The van der Waals surface area contributed by atoms with E-state index in [1.54, 1.807) is 18.3 Å². The molecule has 1 saturated heterocycles. The summed E-state index contributed by atoms with van der Waals surface area (Å²) in [5.41, 5.74) is 7.91. The van der Waals surface area contributed by atoms with Gasteiger partial charge in [-0.2, -0.15) is 5.10 Å². The first-order valence-electron chi connectivity index (χ1n) is 8.52. The number of likely N-dealkylation sites (tertiary alicyclic amines) is 1. The summed E-state index contributed by atoms with van der Waals surface area (Å²) in [6, 6.07) is 7.57. The number of aromatic nitrogens is 2. The number of nitrogens with zero attached hydrogens (tertiary/aromatic N) is 3. The highest BCUT2D eigenvalue weighted by Gasteiger charge is 2.22. The van der Waals surface area contributed by atoms with E-state index in [0.29, 0.717) is 17.3 Å². The lowest BCUT2D eigenvalue weighted by molar-refractivity contribution is 0.102. The van der Waals surface area contributed by atoms with Crippen LogP contribution in [0.5, 0.6) is 0 Å². The van der Waals surface area contributed by atoms with Gasteiger partial charge in [0.2, 0.25) is 0 Å². The van der Waals surface area contributed by atoms with Gasteiger partial charge in [-0.05, 0) is 44.0 Å². The van der Waals surface area contributed by atoms with Crippen molar-refractivity contribution >= 4 is 42.2 Å². The summed E-state index contributed by atoms with van der Waals surface area (Å²) in [6.45, 7) is 7.33. The Balaban J connectivity index is 0.00000169. The topological polar surface area (TPSA) is 76.2 Å². The van der Waals surface area contributed by atoms with Crippen molar-refractivity contribution in [2.75, 3.05) is 30.7 Å². The predicted octanol–water partition coefficient (Wildman–Crippen LogP) is 3.53. The summed E-state index contributed by atoms with van der Waals surface area (Å²) in [6.07, 6.45) is 3.85. The van der Waals surface area contributed by atoms with E-state index in [9.17, 15) is 4.79 Å². The number of anilines is 2. The maximum Gasteiger partial charge on any atom is 0.257 e. The molecule has 2 aromatic rings. The largest absolute Gasteiger partial charge is 0.399 e. The maximum atomic E-state index is 12.6. The third kappa shape index (κ3) is 4.90. The molecule has 1 aromatic carbocycles. The number of nitrogens with one attached hydrogen (secondary N) is 1. The van der Waals surface area contributed by atoms with Crippen molar-refractivity contribution in [2.24, 2.45) is 0 Å². The van der Waals surface area contributed by atoms with Gasteiger partial charge in [0.15, 0.2) is 0 Å². The number of piperidine rings is 1. The molecule has 6 nitrogen and oxygen atoms in total. The lowest BCUT2D eigenvalue weighted by atomic mass is 10.1. The minimum atomic E-state index is -0.146. The fraction of sp³-hybridized carbons (Fsp3) is 0.444. The number of carbonyl (C=O) groups is 1. The molecule has 0 aliphatic carbocycles. The molecule has 1 fully saturated rings. The summed E-state index contributed by atoms with van der Waals surface area (Å²) in [4.78, 5) is 15.0. The zero-order chi connectivity index (χ0) is 17.1. The first-order chi connectivity index (χ1) is 11.6. The first kappa shape index (κ1) is 22.3. The van der Waals surface area contributed by atoms with Crippen molar-refractivity contribution in [3.05, 3.63) is 41.6 Å². The summed E-state index contributed by atoms with van der Waals surface area (Å²) >= 11 is 0. The summed E-state index contributed by atoms with van der Waals surface area (Å²) in [7, 11) is 0. The van der Waals surface area contributed by atoms with Crippen molar-refractivity contribution in [2.45, 2.75) is 32.7 Å². The monoisotopic (exact) mass is 399 g/mol. The average molecular weight is 400 g/mol. The number of amides is 1. The van der Waals surface area contributed by atoms with Crippen LogP contribution in [-0.2, 0) is 0 Å². The van der Waals surface area contributed by atoms with Crippen molar-refractivity contribution in [3.8, 4) is 0 Å². The molecule has 3 rings (SSSR count). The smallest absolute Gasteiger partial charge is 0.257 e. The Hall–Kier alpha value is -1.76. The number of halogens is 2. The van der Waals surface area contributed by atoms with Crippen LogP contribution in [0.15, 0.2) is 30.5 Å². The Morgan fingerprint density at radius 2 is 1.96 bits per heavy atom. The van der Waals surface area contributed by atoms with E-state index in [2.05, 4.69) is 22.2 Å². The molecule has 0 atom stereocenters. The zero-order valence-electron chi connectivity index (χ0n) is 15.1. The van der Waals surface area contributed by atoms with E-state index in [0.717, 1.165) is 43.9 Å². The van der Waals surface area contributed by atoms with E-state index in [1.165, 1.54) is 0 Å². The van der Waals surface area contributed by atoms with Crippen molar-refractivity contribution in [1.82, 2.24) is 14.7 Å². The van der Waals surface area contributed by atoms with Crippen LogP contribution in [0.2, 0.25) is 0 Å². The van der Waals surface area contributed by atoms with Crippen LogP contribution in [0.1, 0.15) is 41.7 Å². The van der Waals surface area contributed by atoms with E-state index in [4.69, 9.17) is 5.73 Å². The third-order valence-electron chi connectivity index (χ3n) is 4.77. The second kappa shape index (κ2) is 9.80. The lowest BCUT2D eigenvalue weighted by Crippen LogP contribution is -2.35. The molecule has 1 aliphatic rings. The van der Waals surface area contributed by atoms with E-state index >= 15 is 0 Å². The van der Waals surface area contributed by atoms with Crippen molar-refractivity contribution in [3.63, 3.8) is 0 Å². The molecule has 3 N–H and O–H groups in total. The first-order valence-corrected chi connectivity index (χ1v) is 8.52. The molecule has 0 radical (unpaired) electrons. The van der Waals surface area contributed by atoms with Gasteiger partial charge >= 0.3 is 0 Å². The summed E-state index contributed by atoms with van der Waals surface area (Å²) in [5, 5.41) is 7.43. The lowest BCUT2D eigenvalue weighted by Gasteiger charge is -2.31. The van der Waals surface area contributed by atoms with Gasteiger partial charge in [0.1, 0.15) is 5.82 Å². The molecule has 0 saturated carbocycles. The number of nitrogen functional groups attached to an aromatic ring is 1. The Kier molecular flexibility index (Phi) is 8.40. The van der Waals surface area contributed by atoms with E-state index in [-0.39, 0.29) is 30.7 Å². The van der Waals surface area contributed by atoms with Crippen LogP contribution in [-0.4, -0.2) is 40.2 Å². The number of benzene rings is 1. The van der Waals surface area contributed by atoms with Crippen molar-refractivity contribution in [1.29, 1.82) is 0 Å². The standard InChI is InChI=1S/C18H25N5O.2ClH/c1-3-22-10-7-15(8-11-22)23-17(6-9-20-23)21-18(24)16-12-14(19)5-4-13(16)2;;/h4-6,9,12,15H,3,7-8,10-11,19H2,1-2H3,(H,21,24);2*1H. The van der Waals surface area contributed by atoms with Crippen molar-refractivity contribution < 1.29 is 4.79 Å². The molecule has 8 heteroatoms. The van der Waals surface area contributed by atoms with Crippen LogP contribution in [0.3, 0.4) is 0 Å².